The van der Waals surface area contributed by atoms with Crippen molar-refractivity contribution >= 4 is 23.2 Å². The molecule has 1 aromatic heterocycles. The predicted octanol–water partition coefficient (Wildman–Crippen LogP) is 3.50. The van der Waals surface area contributed by atoms with Crippen molar-refractivity contribution in [2.75, 3.05) is 32.0 Å². The van der Waals surface area contributed by atoms with E-state index in [4.69, 9.17) is 14.2 Å². The summed E-state index contributed by atoms with van der Waals surface area (Å²) in [6.07, 6.45) is 2.89. The van der Waals surface area contributed by atoms with Crippen molar-refractivity contribution in [1.82, 2.24) is 9.97 Å². The van der Waals surface area contributed by atoms with Crippen LogP contribution in [-0.2, 0) is 0 Å². The molecule has 1 amide bonds. The molecule has 8 heteroatoms. The smallest absolute Gasteiger partial charge is 0.258 e. The second kappa shape index (κ2) is 8.72. The third-order valence-electron chi connectivity index (χ3n) is 3.90. The fraction of sp³-hybridized carbons (Fsp3) is 0.150. The number of methoxy groups -OCH3 is 3. The van der Waals surface area contributed by atoms with E-state index in [-0.39, 0.29) is 5.91 Å². The summed E-state index contributed by atoms with van der Waals surface area (Å²) in [6.45, 7) is 0. The van der Waals surface area contributed by atoms with Gasteiger partial charge in [0.2, 0.25) is 5.95 Å². The van der Waals surface area contributed by atoms with E-state index in [0.717, 1.165) is 11.4 Å². The van der Waals surface area contributed by atoms with Crippen LogP contribution in [0.4, 0.5) is 17.3 Å². The van der Waals surface area contributed by atoms with Gasteiger partial charge in [-0.15, -0.1) is 0 Å². The number of nitrogens with zero attached hydrogens (tertiary/aromatic N) is 2. The maximum Gasteiger partial charge on any atom is 0.258 e. The molecule has 3 rings (SSSR count). The van der Waals surface area contributed by atoms with Gasteiger partial charge in [0, 0.05) is 30.2 Å². The predicted molar refractivity (Wildman–Crippen MR) is 106 cm³/mol. The molecule has 3 aromatic rings. The van der Waals surface area contributed by atoms with Crippen molar-refractivity contribution in [3.8, 4) is 17.2 Å². The number of amides is 1. The highest BCUT2D eigenvalue weighted by Gasteiger charge is 2.12. The van der Waals surface area contributed by atoms with Gasteiger partial charge in [0.1, 0.15) is 17.2 Å². The highest BCUT2D eigenvalue weighted by atomic mass is 16.5. The molecule has 0 saturated carbocycles. The Kier molecular flexibility index (Phi) is 5.91. The van der Waals surface area contributed by atoms with Crippen LogP contribution in [0.3, 0.4) is 0 Å². The number of hydrogen-bond donors (Lipinski definition) is 2. The first-order valence-corrected chi connectivity index (χ1v) is 8.39. The number of nitrogens with one attached hydrogen (secondary N) is 2. The zero-order chi connectivity index (χ0) is 19.9. The molecule has 0 fully saturated rings. The molecular weight excluding hydrogens is 360 g/mol. The summed E-state index contributed by atoms with van der Waals surface area (Å²) in [5.74, 6) is 1.86. The summed E-state index contributed by atoms with van der Waals surface area (Å²) < 4.78 is 15.6. The average molecular weight is 380 g/mol. The van der Waals surface area contributed by atoms with Crippen molar-refractivity contribution in [3.63, 3.8) is 0 Å². The average Bonchev–Trinajstić information content (AvgIpc) is 2.74. The van der Waals surface area contributed by atoms with E-state index in [0.29, 0.717) is 28.7 Å². The van der Waals surface area contributed by atoms with Crippen LogP contribution in [0.1, 0.15) is 10.4 Å². The van der Waals surface area contributed by atoms with Gasteiger partial charge in [0.15, 0.2) is 0 Å². The number of carbonyl (C=O) groups excluding carboxylic acids is 1. The first kappa shape index (κ1) is 19.0. The lowest BCUT2D eigenvalue weighted by Gasteiger charge is -2.11. The maximum atomic E-state index is 12.5. The zero-order valence-corrected chi connectivity index (χ0v) is 15.7. The Hall–Kier alpha value is -3.81. The molecule has 0 bridgehead atoms. The van der Waals surface area contributed by atoms with Crippen LogP contribution >= 0.6 is 0 Å². The molecule has 2 N–H and O–H groups in total. The van der Waals surface area contributed by atoms with Crippen LogP contribution in [0.15, 0.2) is 54.9 Å². The quantitative estimate of drug-likeness (QED) is 0.648. The third-order valence-corrected chi connectivity index (χ3v) is 3.90. The molecule has 0 spiro atoms. The molecule has 144 valence electrons. The Bertz CT molecular complexity index is 961. The monoisotopic (exact) mass is 380 g/mol. The number of hydrogen-bond acceptors (Lipinski definition) is 7. The topological polar surface area (TPSA) is 94.6 Å². The number of ether oxygens (including phenoxy) is 3. The molecule has 0 saturated heterocycles. The Morgan fingerprint density at radius 2 is 1.61 bits per heavy atom. The van der Waals surface area contributed by atoms with Crippen molar-refractivity contribution in [3.05, 3.63) is 60.4 Å². The van der Waals surface area contributed by atoms with Crippen LogP contribution in [-0.4, -0.2) is 37.2 Å². The molecule has 0 unspecified atom stereocenters. The Labute approximate surface area is 162 Å². The fourth-order valence-corrected chi connectivity index (χ4v) is 2.44. The SMILES string of the molecule is COc1cccc(Nc2ncc(C(=O)Nc3ccc(OC)cc3OC)cn2)c1. The van der Waals surface area contributed by atoms with E-state index in [1.807, 2.05) is 24.3 Å². The van der Waals surface area contributed by atoms with E-state index >= 15 is 0 Å². The van der Waals surface area contributed by atoms with Crippen molar-refractivity contribution in [2.45, 2.75) is 0 Å². The molecule has 1 heterocycles. The molecule has 0 aliphatic heterocycles. The van der Waals surface area contributed by atoms with E-state index in [1.165, 1.54) is 19.5 Å². The van der Waals surface area contributed by atoms with Gasteiger partial charge >= 0.3 is 0 Å². The lowest BCUT2D eigenvalue weighted by molar-refractivity contribution is 0.102. The lowest BCUT2D eigenvalue weighted by Crippen LogP contribution is -2.13. The molecule has 2 aromatic carbocycles. The fourth-order valence-electron chi connectivity index (χ4n) is 2.44. The largest absolute Gasteiger partial charge is 0.497 e. The maximum absolute atomic E-state index is 12.5. The summed E-state index contributed by atoms with van der Waals surface area (Å²) in [6, 6.07) is 12.5. The van der Waals surface area contributed by atoms with Crippen LogP contribution in [0.5, 0.6) is 17.2 Å². The Morgan fingerprint density at radius 3 is 2.29 bits per heavy atom. The Balaban J connectivity index is 1.70. The first-order valence-electron chi connectivity index (χ1n) is 8.39. The number of carbonyl (C=O) groups is 1. The van der Waals surface area contributed by atoms with Gasteiger partial charge in [-0.3, -0.25) is 4.79 Å². The van der Waals surface area contributed by atoms with E-state index < -0.39 is 0 Å². The summed E-state index contributed by atoms with van der Waals surface area (Å²) >= 11 is 0. The van der Waals surface area contributed by atoms with Crippen LogP contribution in [0.2, 0.25) is 0 Å². The summed E-state index contributed by atoms with van der Waals surface area (Å²) in [5, 5.41) is 5.83. The van der Waals surface area contributed by atoms with Crippen LogP contribution < -0.4 is 24.8 Å². The first-order chi connectivity index (χ1) is 13.6. The van der Waals surface area contributed by atoms with Gasteiger partial charge < -0.3 is 24.8 Å². The van der Waals surface area contributed by atoms with Gasteiger partial charge in [0.05, 0.1) is 32.6 Å². The lowest BCUT2D eigenvalue weighted by atomic mass is 10.2. The molecule has 0 aliphatic rings. The third kappa shape index (κ3) is 4.47. The van der Waals surface area contributed by atoms with E-state index in [9.17, 15) is 4.79 Å². The van der Waals surface area contributed by atoms with Crippen LogP contribution in [0.25, 0.3) is 0 Å². The highest BCUT2D eigenvalue weighted by molar-refractivity contribution is 6.04. The molecule has 28 heavy (non-hydrogen) atoms. The standard InChI is InChI=1S/C20H20N4O4/c1-26-15-6-4-5-14(9-15)23-20-21-11-13(12-22-20)19(25)24-17-8-7-16(27-2)10-18(17)28-3/h4-12H,1-3H3,(H,24,25)(H,21,22,23). The Morgan fingerprint density at radius 1 is 0.893 bits per heavy atom. The summed E-state index contributed by atoms with van der Waals surface area (Å²) in [4.78, 5) is 20.8. The molecule has 0 aliphatic carbocycles. The van der Waals surface area contributed by atoms with Crippen LogP contribution in [0, 0.1) is 0 Å². The number of aromatic nitrogens is 2. The molecular formula is C20H20N4O4. The normalized spacial score (nSPS) is 10.1. The molecule has 0 atom stereocenters. The van der Waals surface area contributed by atoms with Crippen molar-refractivity contribution in [2.24, 2.45) is 0 Å². The van der Waals surface area contributed by atoms with Gasteiger partial charge in [-0.05, 0) is 24.3 Å². The number of benzene rings is 2. The van der Waals surface area contributed by atoms with Gasteiger partial charge in [-0.25, -0.2) is 9.97 Å². The van der Waals surface area contributed by atoms with Crippen molar-refractivity contribution < 1.29 is 19.0 Å². The summed E-state index contributed by atoms with van der Waals surface area (Å²) in [7, 11) is 4.68. The minimum atomic E-state index is -0.351. The molecule has 8 nitrogen and oxygen atoms in total. The van der Waals surface area contributed by atoms with Gasteiger partial charge in [-0.1, -0.05) is 6.07 Å². The van der Waals surface area contributed by atoms with Gasteiger partial charge in [0.25, 0.3) is 5.91 Å². The van der Waals surface area contributed by atoms with E-state index in [2.05, 4.69) is 20.6 Å². The summed E-state index contributed by atoms with van der Waals surface area (Å²) in [5.41, 5.74) is 1.61. The zero-order valence-electron chi connectivity index (χ0n) is 15.7. The second-order valence-corrected chi connectivity index (χ2v) is 5.67. The van der Waals surface area contributed by atoms with E-state index in [1.54, 1.807) is 32.4 Å². The minimum absolute atomic E-state index is 0.314. The minimum Gasteiger partial charge on any atom is -0.497 e. The second-order valence-electron chi connectivity index (χ2n) is 5.67. The van der Waals surface area contributed by atoms with Crippen molar-refractivity contribution in [1.29, 1.82) is 0 Å². The highest BCUT2D eigenvalue weighted by Crippen LogP contribution is 2.29. The van der Waals surface area contributed by atoms with Gasteiger partial charge in [-0.2, -0.15) is 0 Å². The number of rotatable bonds is 7. The molecule has 0 radical (unpaired) electrons. The number of anilines is 3.